The summed E-state index contributed by atoms with van der Waals surface area (Å²) in [7, 11) is 0. The maximum absolute atomic E-state index is 14.7. The Labute approximate surface area is 219 Å². The van der Waals surface area contributed by atoms with Gasteiger partial charge in [-0.2, -0.15) is 9.50 Å². The number of anilines is 2. The van der Waals surface area contributed by atoms with Crippen LogP contribution in [0, 0.1) is 11.6 Å². The molecule has 0 unspecified atom stereocenters. The van der Waals surface area contributed by atoms with Crippen molar-refractivity contribution in [3.63, 3.8) is 0 Å². The standard InChI is InChI=1S/C24H23F2N9O4/c25-15-10-14(39-12-18(36)37)11-16(26)20(15)33-6-3-32(4-7-33)5-8-34-13-28-19-22(34)30-24(27)35-23(19)29-21(31-35)17-2-1-9-38-17/h1-2,9-11,13H,3-8,12H2,(H2,27,30)(H,36,37). The Morgan fingerprint density at radius 2 is 1.87 bits per heavy atom. The number of aliphatic carboxylic acids is 1. The van der Waals surface area contributed by atoms with Gasteiger partial charge in [-0.1, -0.05) is 0 Å². The van der Waals surface area contributed by atoms with Crippen molar-refractivity contribution in [3.8, 4) is 17.3 Å². The summed E-state index contributed by atoms with van der Waals surface area (Å²) in [6.45, 7) is 2.53. The predicted molar refractivity (Wildman–Crippen MR) is 134 cm³/mol. The van der Waals surface area contributed by atoms with E-state index in [-0.39, 0.29) is 17.4 Å². The van der Waals surface area contributed by atoms with Gasteiger partial charge in [0, 0.05) is 51.4 Å². The smallest absolute Gasteiger partial charge is 0.341 e. The van der Waals surface area contributed by atoms with Gasteiger partial charge in [-0.05, 0) is 12.1 Å². The third kappa shape index (κ3) is 4.67. The average molecular weight is 540 g/mol. The lowest BCUT2D eigenvalue weighted by Gasteiger charge is -2.36. The van der Waals surface area contributed by atoms with E-state index in [0.717, 1.165) is 12.1 Å². The largest absolute Gasteiger partial charge is 0.482 e. The lowest BCUT2D eigenvalue weighted by atomic mass is 10.2. The van der Waals surface area contributed by atoms with Crippen molar-refractivity contribution in [2.75, 3.05) is 50.0 Å². The second kappa shape index (κ2) is 9.83. The van der Waals surface area contributed by atoms with Crippen LogP contribution in [-0.4, -0.2) is 84.4 Å². The van der Waals surface area contributed by atoms with Crippen molar-refractivity contribution in [2.45, 2.75) is 6.54 Å². The molecule has 6 rings (SSSR count). The molecule has 4 aromatic heterocycles. The minimum absolute atomic E-state index is 0.149. The molecule has 0 saturated carbocycles. The number of nitrogens with two attached hydrogens (primary N) is 1. The molecule has 1 aromatic carbocycles. The molecule has 202 valence electrons. The van der Waals surface area contributed by atoms with Crippen molar-refractivity contribution in [3.05, 3.63) is 48.5 Å². The zero-order valence-corrected chi connectivity index (χ0v) is 20.5. The molecule has 1 fully saturated rings. The SMILES string of the molecule is Nc1nc2c(ncn2CCN2CCN(c3c(F)cc(OCC(=O)O)cc3F)CC2)c2nc(-c3ccco3)nn12. The van der Waals surface area contributed by atoms with Crippen LogP contribution in [0.3, 0.4) is 0 Å². The third-order valence-corrected chi connectivity index (χ3v) is 6.51. The molecule has 1 saturated heterocycles. The maximum Gasteiger partial charge on any atom is 0.341 e. The number of furan rings is 1. The van der Waals surface area contributed by atoms with E-state index in [1.165, 1.54) is 10.8 Å². The summed E-state index contributed by atoms with van der Waals surface area (Å²) >= 11 is 0. The number of benzene rings is 1. The van der Waals surface area contributed by atoms with E-state index in [9.17, 15) is 13.6 Å². The van der Waals surface area contributed by atoms with Gasteiger partial charge in [0.1, 0.15) is 11.4 Å². The van der Waals surface area contributed by atoms with Gasteiger partial charge >= 0.3 is 5.97 Å². The number of piperazine rings is 1. The Kier molecular flexibility index (Phi) is 6.18. The van der Waals surface area contributed by atoms with Crippen LogP contribution in [0.4, 0.5) is 20.4 Å². The number of imidazole rings is 1. The van der Waals surface area contributed by atoms with Crippen LogP contribution < -0.4 is 15.4 Å². The van der Waals surface area contributed by atoms with E-state index in [2.05, 4.69) is 25.0 Å². The minimum Gasteiger partial charge on any atom is -0.482 e. The Balaban J connectivity index is 1.12. The van der Waals surface area contributed by atoms with Crippen LogP contribution in [0.15, 0.2) is 41.3 Å². The van der Waals surface area contributed by atoms with Gasteiger partial charge in [0.15, 0.2) is 40.8 Å². The molecule has 0 amide bonds. The van der Waals surface area contributed by atoms with Gasteiger partial charge in [0.25, 0.3) is 0 Å². The number of carboxylic acids is 1. The zero-order valence-electron chi connectivity index (χ0n) is 20.5. The summed E-state index contributed by atoms with van der Waals surface area (Å²) in [6, 6.07) is 5.50. The average Bonchev–Trinajstić information content (AvgIpc) is 3.66. The lowest BCUT2D eigenvalue weighted by Crippen LogP contribution is -2.47. The summed E-state index contributed by atoms with van der Waals surface area (Å²) in [5.74, 6) is -1.95. The summed E-state index contributed by atoms with van der Waals surface area (Å²) < 4.78 is 42.9. The first kappa shape index (κ1) is 24.5. The lowest BCUT2D eigenvalue weighted by molar-refractivity contribution is -0.139. The van der Waals surface area contributed by atoms with Gasteiger partial charge in [-0.15, -0.1) is 5.10 Å². The zero-order chi connectivity index (χ0) is 27.1. The first-order valence-corrected chi connectivity index (χ1v) is 12.1. The maximum atomic E-state index is 14.7. The molecule has 0 radical (unpaired) electrons. The number of halogens is 2. The fraction of sp³-hybridized carbons (Fsp3) is 0.292. The molecular weight excluding hydrogens is 516 g/mol. The number of carboxylic acid groups (broad SMARTS) is 1. The second-order valence-corrected chi connectivity index (χ2v) is 8.97. The number of nitrogen functional groups attached to an aromatic ring is 1. The molecule has 0 spiro atoms. The highest BCUT2D eigenvalue weighted by atomic mass is 19.1. The highest BCUT2D eigenvalue weighted by Gasteiger charge is 2.24. The molecule has 13 nitrogen and oxygen atoms in total. The van der Waals surface area contributed by atoms with Crippen molar-refractivity contribution in [2.24, 2.45) is 0 Å². The number of nitrogens with zero attached hydrogens (tertiary/aromatic N) is 8. The molecule has 15 heteroatoms. The normalized spacial score (nSPS) is 14.5. The van der Waals surface area contributed by atoms with Crippen molar-refractivity contribution in [1.82, 2.24) is 34.0 Å². The van der Waals surface area contributed by atoms with Crippen molar-refractivity contribution < 1.29 is 27.8 Å². The van der Waals surface area contributed by atoms with Gasteiger partial charge in [0.2, 0.25) is 11.8 Å². The number of ether oxygens (including phenoxy) is 1. The van der Waals surface area contributed by atoms with E-state index < -0.39 is 24.2 Å². The molecule has 0 aliphatic carbocycles. The Bertz CT molecular complexity index is 1640. The molecule has 5 aromatic rings. The van der Waals surface area contributed by atoms with Crippen LogP contribution in [-0.2, 0) is 11.3 Å². The molecule has 3 N–H and O–H groups in total. The molecular formula is C24H23F2N9O4. The van der Waals surface area contributed by atoms with E-state index >= 15 is 0 Å². The van der Waals surface area contributed by atoms with Crippen molar-refractivity contribution >= 4 is 34.4 Å². The number of carbonyl (C=O) groups is 1. The summed E-state index contributed by atoms with van der Waals surface area (Å²) in [5, 5.41) is 13.1. The van der Waals surface area contributed by atoms with Crippen LogP contribution in [0.1, 0.15) is 0 Å². The first-order chi connectivity index (χ1) is 18.9. The molecule has 0 bridgehead atoms. The van der Waals surface area contributed by atoms with E-state index in [1.54, 1.807) is 23.4 Å². The second-order valence-electron chi connectivity index (χ2n) is 8.97. The molecule has 1 aliphatic rings. The molecule has 1 aliphatic heterocycles. The predicted octanol–water partition coefficient (Wildman–Crippen LogP) is 1.88. The fourth-order valence-electron chi connectivity index (χ4n) is 4.62. The number of rotatable bonds is 8. The quantitative estimate of drug-likeness (QED) is 0.297. The summed E-state index contributed by atoms with van der Waals surface area (Å²) in [4.78, 5) is 27.9. The Morgan fingerprint density at radius 3 is 2.56 bits per heavy atom. The minimum atomic E-state index is -1.23. The van der Waals surface area contributed by atoms with E-state index in [0.29, 0.717) is 67.7 Å². The fourth-order valence-corrected chi connectivity index (χ4v) is 4.62. The van der Waals surface area contributed by atoms with E-state index in [4.69, 9.17) is 20.0 Å². The van der Waals surface area contributed by atoms with Crippen LogP contribution >= 0.6 is 0 Å². The van der Waals surface area contributed by atoms with Crippen LogP contribution in [0.25, 0.3) is 28.4 Å². The monoisotopic (exact) mass is 539 g/mol. The van der Waals surface area contributed by atoms with E-state index in [1.807, 2.05) is 4.57 Å². The topological polar surface area (TPSA) is 153 Å². The highest BCUT2D eigenvalue weighted by molar-refractivity contribution is 5.87. The van der Waals surface area contributed by atoms with Crippen molar-refractivity contribution in [1.29, 1.82) is 0 Å². The third-order valence-electron chi connectivity index (χ3n) is 6.51. The summed E-state index contributed by atoms with van der Waals surface area (Å²) in [5.41, 5.74) is 7.61. The summed E-state index contributed by atoms with van der Waals surface area (Å²) in [6.07, 6.45) is 3.21. The number of aromatic nitrogens is 6. The number of hydrogen-bond donors (Lipinski definition) is 2. The molecule has 5 heterocycles. The van der Waals surface area contributed by atoms with Gasteiger partial charge < -0.3 is 29.5 Å². The highest BCUT2D eigenvalue weighted by Crippen LogP contribution is 2.29. The van der Waals surface area contributed by atoms with Gasteiger partial charge in [-0.25, -0.2) is 23.5 Å². The van der Waals surface area contributed by atoms with Crippen LogP contribution in [0.2, 0.25) is 0 Å². The Morgan fingerprint density at radius 1 is 1.10 bits per heavy atom. The molecule has 39 heavy (non-hydrogen) atoms. The first-order valence-electron chi connectivity index (χ1n) is 12.1. The number of fused-ring (bicyclic) bond motifs is 3. The Hall–Kier alpha value is -4.79. The van der Waals surface area contributed by atoms with Gasteiger partial charge in [-0.3, -0.25) is 4.90 Å². The van der Waals surface area contributed by atoms with Gasteiger partial charge in [0.05, 0.1) is 12.6 Å². The number of hydrogen-bond acceptors (Lipinski definition) is 10. The van der Waals surface area contributed by atoms with Crippen LogP contribution in [0.5, 0.6) is 5.75 Å². The molecule has 0 atom stereocenters.